The standard InChI is InChI=1S/C19H22N4O3S3/c1-11-6-7-14(29(25,26)23(4)5)8-15(11)22-16(24)9-27-18-17-12(2)13(3)28-19(17)21-10-20-18/h6-8,10H,9H2,1-5H3,(H,22,24). The monoisotopic (exact) mass is 450 g/mol. The summed E-state index contributed by atoms with van der Waals surface area (Å²) in [6.45, 7) is 5.89. The lowest BCUT2D eigenvalue weighted by atomic mass is 10.2. The Morgan fingerprint density at radius 3 is 2.62 bits per heavy atom. The molecule has 0 unspecified atom stereocenters. The maximum absolute atomic E-state index is 12.5. The van der Waals surface area contributed by atoms with Crippen LogP contribution in [-0.4, -0.2) is 48.4 Å². The number of hydrogen-bond donors (Lipinski definition) is 1. The maximum atomic E-state index is 12.5. The van der Waals surface area contributed by atoms with Gasteiger partial charge in [-0.05, 0) is 44.0 Å². The van der Waals surface area contributed by atoms with Gasteiger partial charge in [0, 0.05) is 30.0 Å². The molecule has 2 aromatic heterocycles. The number of nitrogens with one attached hydrogen (secondary N) is 1. The van der Waals surface area contributed by atoms with Gasteiger partial charge >= 0.3 is 0 Å². The van der Waals surface area contributed by atoms with Gasteiger partial charge in [0.25, 0.3) is 0 Å². The lowest BCUT2D eigenvalue weighted by Gasteiger charge is -2.14. The first-order chi connectivity index (χ1) is 13.6. The highest BCUT2D eigenvalue weighted by molar-refractivity contribution is 8.00. The van der Waals surface area contributed by atoms with Crippen LogP contribution in [0.2, 0.25) is 0 Å². The third-order valence-electron chi connectivity index (χ3n) is 4.53. The smallest absolute Gasteiger partial charge is 0.242 e. The molecule has 0 saturated carbocycles. The number of rotatable bonds is 6. The number of thiophene rings is 1. The van der Waals surface area contributed by atoms with Crippen LogP contribution in [0.25, 0.3) is 10.2 Å². The van der Waals surface area contributed by atoms with Crippen LogP contribution in [0.15, 0.2) is 34.4 Å². The van der Waals surface area contributed by atoms with Crippen molar-refractivity contribution in [3.63, 3.8) is 0 Å². The molecule has 0 aliphatic rings. The van der Waals surface area contributed by atoms with Crippen LogP contribution in [0.4, 0.5) is 5.69 Å². The first-order valence-electron chi connectivity index (χ1n) is 8.77. The lowest BCUT2D eigenvalue weighted by molar-refractivity contribution is -0.113. The molecule has 2 heterocycles. The SMILES string of the molecule is Cc1ccc(S(=O)(=O)N(C)C)cc1NC(=O)CSc1ncnc2sc(C)c(C)c12. The van der Waals surface area contributed by atoms with E-state index in [0.717, 1.165) is 30.7 Å². The van der Waals surface area contributed by atoms with Crippen molar-refractivity contribution in [2.24, 2.45) is 0 Å². The van der Waals surface area contributed by atoms with Crippen LogP contribution in [0.3, 0.4) is 0 Å². The molecule has 3 rings (SSSR count). The summed E-state index contributed by atoms with van der Waals surface area (Å²) in [5, 5.41) is 4.58. The van der Waals surface area contributed by atoms with E-state index in [-0.39, 0.29) is 16.6 Å². The minimum absolute atomic E-state index is 0.137. The van der Waals surface area contributed by atoms with Gasteiger partial charge in [-0.2, -0.15) is 0 Å². The van der Waals surface area contributed by atoms with Crippen LogP contribution >= 0.6 is 23.1 Å². The fraction of sp³-hybridized carbons (Fsp3) is 0.316. The van der Waals surface area contributed by atoms with Crippen LogP contribution in [-0.2, 0) is 14.8 Å². The van der Waals surface area contributed by atoms with E-state index >= 15 is 0 Å². The Bertz CT molecular complexity index is 1190. The number of nitrogens with zero attached hydrogens (tertiary/aromatic N) is 3. The summed E-state index contributed by atoms with van der Waals surface area (Å²) in [5.41, 5.74) is 2.40. The average molecular weight is 451 g/mol. The second-order valence-electron chi connectivity index (χ2n) is 6.74. The number of amides is 1. The van der Waals surface area contributed by atoms with Gasteiger partial charge in [0.2, 0.25) is 15.9 Å². The van der Waals surface area contributed by atoms with Crippen LogP contribution in [0.1, 0.15) is 16.0 Å². The number of anilines is 1. The van der Waals surface area contributed by atoms with Crippen molar-refractivity contribution in [2.75, 3.05) is 25.2 Å². The molecule has 0 atom stereocenters. The molecule has 1 aromatic carbocycles. The van der Waals surface area contributed by atoms with Crippen molar-refractivity contribution < 1.29 is 13.2 Å². The summed E-state index contributed by atoms with van der Waals surface area (Å²) in [6, 6.07) is 4.71. The van der Waals surface area contributed by atoms with Crippen molar-refractivity contribution in [3.8, 4) is 0 Å². The molecule has 29 heavy (non-hydrogen) atoms. The molecule has 0 aliphatic carbocycles. The van der Waals surface area contributed by atoms with Crippen LogP contribution in [0.5, 0.6) is 0 Å². The molecule has 154 valence electrons. The van der Waals surface area contributed by atoms with Crippen molar-refractivity contribution in [1.29, 1.82) is 0 Å². The molecule has 0 radical (unpaired) electrons. The summed E-state index contributed by atoms with van der Waals surface area (Å²) in [6.07, 6.45) is 1.51. The van der Waals surface area contributed by atoms with Gasteiger partial charge in [-0.15, -0.1) is 11.3 Å². The van der Waals surface area contributed by atoms with E-state index in [9.17, 15) is 13.2 Å². The number of carbonyl (C=O) groups is 1. The summed E-state index contributed by atoms with van der Waals surface area (Å²) >= 11 is 2.95. The van der Waals surface area contributed by atoms with Crippen LogP contribution < -0.4 is 5.32 Å². The summed E-state index contributed by atoms with van der Waals surface area (Å²) in [4.78, 5) is 23.4. The van der Waals surface area contributed by atoms with Gasteiger partial charge < -0.3 is 5.32 Å². The number of carbonyl (C=O) groups excluding carboxylic acids is 1. The lowest BCUT2D eigenvalue weighted by Crippen LogP contribution is -2.22. The second kappa shape index (κ2) is 8.39. The predicted molar refractivity (Wildman–Crippen MR) is 118 cm³/mol. The van der Waals surface area contributed by atoms with E-state index < -0.39 is 10.0 Å². The second-order valence-corrected chi connectivity index (χ2v) is 11.1. The molecule has 1 N–H and O–H groups in total. The molecule has 0 saturated heterocycles. The highest BCUT2D eigenvalue weighted by atomic mass is 32.2. The number of aromatic nitrogens is 2. The van der Waals surface area contributed by atoms with Gasteiger partial charge in [-0.1, -0.05) is 17.8 Å². The Morgan fingerprint density at radius 2 is 1.93 bits per heavy atom. The summed E-state index contributed by atoms with van der Waals surface area (Å²) < 4.78 is 25.8. The van der Waals surface area contributed by atoms with Crippen molar-refractivity contribution in [1.82, 2.24) is 14.3 Å². The quantitative estimate of drug-likeness (QED) is 0.456. The Morgan fingerprint density at radius 1 is 1.21 bits per heavy atom. The first kappa shape index (κ1) is 21.7. The molecule has 0 aliphatic heterocycles. The molecular formula is C19H22N4O3S3. The number of hydrogen-bond acceptors (Lipinski definition) is 7. The van der Waals surface area contributed by atoms with Gasteiger partial charge in [0.1, 0.15) is 16.2 Å². The number of thioether (sulfide) groups is 1. The number of fused-ring (bicyclic) bond motifs is 1. The van der Waals surface area contributed by atoms with Crippen molar-refractivity contribution in [3.05, 3.63) is 40.5 Å². The molecular weight excluding hydrogens is 428 g/mol. The molecule has 0 bridgehead atoms. The van der Waals surface area contributed by atoms with E-state index in [1.165, 1.54) is 49.2 Å². The van der Waals surface area contributed by atoms with E-state index in [2.05, 4.69) is 15.3 Å². The fourth-order valence-corrected chi connectivity index (χ4v) is 5.53. The highest BCUT2D eigenvalue weighted by Gasteiger charge is 2.19. The highest BCUT2D eigenvalue weighted by Crippen LogP contribution is 2.34. The van der Waals surface area contributed by atoms with Crippen LogP contribution in [0, 0.1) is 20.8 Å². The van der Waals surface area contributed by atoms with Gasteiger partial charge in [-0.25, -0.2) is 22.7 Å². The molecule has 0 fully saturated rings. The summed E-state index contributed by atoms with van der Waals surface area (Å²) in [5.74, 6) is -0.0706. The Labute approximate surface area is 178 Å². The zero-order valence-electron chi connectivity index (χ0n) is 16.8. The van der Waals surface area contributed by atoms with Crippen molar-refractivity contribution in [2.45, 2.75) is 30.7 Å². The third-order valence-corrected chi connectivity index (χ3v) is 8.45. The minimum atomic E-state index is -3.57. The van der Waals surface area contributed by atoms with Gasteiger partial charge in [-0.3, -0.25) is 4.79 Å². The first-order valence-corrected chi connectivity index (χ1v) is 12.0. The summed E-state index contributed by atoms with van der Waals surface area (Å²) in [7, 11) is -0.627. The molecule has 3 aromatic rings. The fourth-order valence-electron chi connectivity index (χ4n) is 2.69. The largest absolute Gasteiger partial charge is 0.325 e. The number of sulfonamides is 1. The molecule has 10 heteroatoms. The predicted octanol–water partition coefficient (Wildman–Crippen LogP) is 3.60. The minimum Gasteiger partial charge on any atom is -0.325 e. The zero-order valence-corrected chi connectivity index (χ0v) is 19.3. The third kappa shape index (κ3) is 4.45. The molecule has 0 spiro atoms. The van der Waals surface area contributed by atoms with E-state index in [1.54, 1.807) is 17.4 Å². The Balaban J connectivity index is 1.77. The van der Waals surface area contributed by atoms with Gasteiger partial charge in [0.05, 0.1) is 10.6 Å². The van der Waals surface area contributed by atoms with Gasteiger partial charge in [0.15, 0.2) is 0 Å². The van der Waals surface area contributed by atoms with Crippen molar-refractivity contribution >= 4 is 54.9 Å². The maximum Gasteiger partial charge on any atom is 0.242 e. The molecule has 7 nitrogen and oxygen atoms in total. The normalized spacial score (nSPS) is 11.9. The Kier molecular flexibility index (Phi) is 6.27. The zero-order chi connectivity index (χ0) is 21.3. The number of aryl methyl sites for hydroxylation is 3. The molecule has 1 amide bonds. The van der Waals surface area contributed by atoms with E-state index in [4.69, 9.17) is 0 Å². The average Bonchev–Trinajstić information content (AvgIpc) is 2.96. The van der Waals surface area contributed by atoms with E-state index in [1.807, 2.05) is 20.8 Å². The van der Waals surface area contributed by atoms with E-state index in [0.29, 0.717) is 5.69 Å². The Hall–Kier alpha value is -2.01. The number of benzene rings is 1. The topological polar surface area (TPSA) is 92.3 Å².